The highest BCUT2D eigenvalue weighted by Gasteiger charge is 2.46. The van der Waals surface area contributed by atoms with Crippen molar-refractivity contribution in [2.75, 3.05) is 13.7 Å². The van der Waals surface area contributed by atoms with Crippen LogP contribution >= 0.6 is 11.6 Å². The molecule has 1 aromatic rings. The van der Waals surface area contributed by atoms with Crippen LogP contribution in [-0.2, 0) is 16.1 Å². The van der Waals surface area contributed by atoms with Gasteiger partial charge in [0.1, 0.15) is 17.9 Å². The zero-order chi connectivity index (χ0) is 28.4. The fourth-order valence-corrected chi connectivity index (χ4v) is 7.50. The largest absolute Gasteiger partial charge is 0.384 e. The number of allylic oxidation sites excluding steroid dienone is 2. The molecule has 7 unspecified atom stereocenters. The molecular weight excluding hydrogens is 506 g/mol. The molecule has 1 saturated carbocycles. The molecular formula is C33H54ClN3O2. The highest BCUT2D eigenvalue weighted by molar-refractivity contribution is 6.22. The standard InChI is InChI=1S/C33H54ClN3O2/c1-7-24(4)19-21-33(23-39-6)20-11-13-28(29(33)9-3)26(8-2)16-15-25(5)32(38)22-37-35-30-14-10-12-27(34)17-18-31(30)36-37/h10,14,17-18,24-29H,7-9,11-13,15-16,19-23H2,1-6H3/b14-10-,18-17?. The van der Waals surface area contributed by atoms with Crippen molar-refractivity contribution in [1.29, 1.82) is 0 Å². The van der Waals surface area contributed by atoms with Gasteiger partial charge in [-0.1, -0.05) is 78.9 Å². The van der Waals surface area contributed by atoms with E-state index in [0.29, 0.717) is 17.3 Å². The first-order chi connectivity index (χ1) is 18.8. The van der Waals surface area contributed by atoms with Crippen molar-refractivity contribution in [3.63, 3.8) is 0 Å². The Morgan fingerprint density at radius 2 is 1.87 bits per heavy atom. The fraction of sp³-hybridized carbons (Fsp3) is 0.788. The van der Waals surface area contributed by atoms with Crippen LogP contribution in [0.15, 0.2) is 12.2 Å². The lowest BCUT2D eigenvalue weighted by molar-refractivity contribution is -0.123. The summed E-state index contributed by atoms with van der Waals surface area (Å²) in [4.78, 5) is 14.8. The molecule has 0 saturated heterocycles. The maximum absolute atomic E-state index is 13.2. The van der Waals surface area contributed by atoms with Crippen molar-refractivity contribution in [3.05, 3.63) is 23.5 Å². The number of carbonyl (C=O) groups excluding carboxylic acids is 1. The minimum Gasteiger partial charge on any atom is -0.384 e. The number of carbonyl (C=O) groups is 1. The first kappa shape index (κ1) is 32.1. The van der Waals surface area contributed by atoms with Gasteiger partial charge >= 0.3 is 0 Å². The zero-order valence-electron chi connectivity index (χ0n) is 25.5. The van der Waals surface area contributed by atoms with E-state index in [1.54, 1.807) is 4.80 Å². The molecule has 0 N–H and O–H groups in total. The molecule has 39 heavy (non-hydrogen) atoms. The van der Waals surface area contributed by atoms with Gasteiger partial charge in [-0.2, -0.15) is 15.0 Å². The number of hydrogen-bond acceptors (Lipinski definition) is 4. The van der Waals surface area contributed by atoms with E-state index >= 15 is 0 Å². The zero-order valence-corrected chi connectivity index (χ0v) is 26.3. The van der Waals surface area contributed by atoms with Crippen LogP contribution < -0.4 is 0 Å². The number of halogens is 1. The summed E-state index contributed by atoms with van der Waals surface area (Å²) < 4.78 is 5.91. The molecule has 0 amide bonds. The van der Waals surface area contributed by atoms with E-state index in [1.165, 1.54) is 51.4 Å². The van der Waals surface area contributed by atoms with Crippen LogP contribution in [0.25, 0.3) is 12.2 Å². The molecule has 1 aromatic heterocycles. The molecule has 0 spiro atoms. The predicted molar refractivity (Wildman–Crippen MR) is 164 cm³/mol. The van der Waals surface area contributed by atoms with Gasteiger partial charge in [-0.15, -0.1) is 11.6 Å². The van der Waals surface area contributed by atoms with Crippen LogP contribution in [0.2, 0.25) is 0 Å². The van der Waals surface area contributed by atoms with Crippen LogP contribution in [0.1, 0.15) is 117 Å². The van der Waals surface area contributed by atoms with Gasteiger partial charge in [0.05, 0.1) is 12.0 Å². The minimum absolute atomic E-state index is 0.00347. The van der Waals surface area contributed by atoms with Gasteiger partial charge in [0.15, 0.2) is 5.78 Å². The number of rotatable bonds is 15. The number of nitrogens with zero attached hydrogens (tertiary/aromatic N) is 3. The average molecular weight is 560 g/mol. The molecule has 0 aliphatic heterocycles. The van der Waals surface area contributed by atoms with Crippen molar-refractivity contribution in [1.82, 2.24) is 15.0 Å². The number of ether oxygens (including phenoxy) is 1. The molecule has 3 rings (SSSR count). The third kappa shape index (κ3) is 8.52. The Balaban J connectivity index is 1.63. The Hall–Kier alpha value is -1.46. The summed E-state index contributed by atoms with van der Waals surface area (Å²) in [6.45, 7) is 12.7. The normalized spacial score (nSPS) is 28.2. The van der Waals surface area contributed by atoms with Gasteiger partial charge in [0.2, 0.25) is 0 Å². The number of aromatic nitrogens is 3. The van der Waals surface area contributed by atoms with E-state index in [2.05, 4.69) is 44.8 Å². The van der Waals surface area contributed by atoms with Gasteiger partial charge in [-0.3, -0.25) is 4.79 Å². The molecule has 0 bridgehead atoms. The molecule has 5 nitrogen and oxygen atoms in total. The topological polar surface area (TPSA) is 57.0 Å². The molecule has 7 atom stereocenters. The van der Waals surface area contributed by atoms with Crippen LogP contribution in [0.4, 0.5) is 0 Å². The van der Waals surface area contributed by atoms with Crippen LogP contribution in [0.3, 0.4) is 0 Å². The third-order valence-corrected chi connectivity index (χ3v) is 10.3. The third-order valence-electron chi connectivity index (χ3n) is 9.97. The lowest BCUT2D eigenvalue weighted by Crippen LogP contribution is -2.45. The molecule has 0 aromatic carbocycles. The molecule has 1 heterocycles. The monoisotopic (exact) mass is 559 g/mol. The van der Waals surface area contributed by atoms with E-state index in [1.807, 2.05) is 31.4 Å². The van der Waals surface area contributed by atoms with Crippen molar-refractivity contribution in [2.24, 2.45) is 35.0 Å². The Morgan fingerprint density at radius 1 is 1.13 bits per heavy atom. The number of methoxy groups -OCH3 is 1. The molecule has 2 aliphatic rings. The maximum Gasteiger partial charge on any atom is 0.158 e. The fourth-order valence-electron chi connectivity index (χ4n) is 7.32. The molecule has 6 heteroatoms. The average Bonchev–Trinajstić information content (AvgIpc) is 3.30. The molecule has 2 aliphatic carbocycles. The quantitative estimate of drug-likeness (QED) is 0.202. The van der Waals surface area contributed by atoms with Gasteiger partial charge in [-0.25, -0.2) is 0 Å². The lowest BCUT2D eigenvalue weighted by Gasteiger charge is -2.51. The van der Waals surface area contributed by atoms with Gasteiger partial charge < -0.3 is 4.74 Å². The first-order valence-electron chi connectivity index (χ1n) is 15.7. The SMILES string of the molecule is CCC(C)CCC1(COC)CCCC(C(CC)CCC(C)C(=O)Cn2nc3c(n2)/C=C\CC(Cl)C=C3)C1CC. The number of alkyl halides is 1. The molecule has 0 radical (unpaired) electrons. The van der Waals surface area contributed by atoms with Gasteiger partial charge in [-0.05, 0) is 79.8 Å². The Kier molecular flexibility index (Phi) is 12.8. The maximum atomic E-state index is 13.2. The molecule has 220 valence electrons. The Bertz CT molecular complexity index is 953. The van der Waals surface area contributed by atoms with Crippen molar-refractivity contribution >= 4 is 29.5 Å². The summed E-state index contributed by atoms with van der Waals surface area (Å²) in [6.07, 6.45) is 20.8. The summed E-state index contributed by atoms with van der Waals surface area (Å²) >= 11 is 6.25. The van der Waals surface area contributed by atoms with E-state index in [0.717, 1.165) is 49.1 Å². The van der Waals surface area contributed by atoms with E-state index in [4.69, 9.17) is 16.3 Å². The summed E-state index contributed by atoms with van der Waals surface area (Å²) in [5.74, 6) is 3.08. The van der Waals surface area contributed by atoms with Crippen molar-refractivity contribution < 1.29 is 9.53 Å². The van der Waals surface area contributed by atoms with Crippen molar-refractivity contribution in [2.45, 2.75) is 117 Å². The second-order valence-corrected chi connectivity index (χ2v) is 13.1. The summed E-state index contributed by atoms with van der Waals surface area (Å²) in [5.41, 5.74) is 1.88. The number of Topliss-reactive ketones (excluding diaryl/α,β-unsaturated/α-hetero) is 1. The summed E-state index contributed by atoms with van der Waals surface area (Å²) in [7, 11) is 1.89. The van der Waals surface area contributed by atoms with Crippen LogP contribution in [-0.4, -0.2) is 39.9 Å². The Morgan fingerprint density at radius 3 is 2.54 bits per heavy atom. The van der Waals surface area contributed by atoms with Crippen LogP contribution in [0.5, 0.6) is 0 Å². The highest BCUT2D eigenvalue weighted by Crippen LogP contribution is 2.53. The highest BCUT2D eigenvalue weighted by atomic mass is 35.5. The lowest BCUT2D eigenvalue weighted by atomic mass is 9.55. The van der Waals surface area contributed by atoms with E-state index < -0.39 is 0 Å². The second kappa shape index (κ2) is 15.5. The van der Waals surface area contributed by atoms with E-state index in [9.17, 15) is 4.79 Å². The van der Waals surface area contributed by atoms with Crippen molar-refractivity contribution in [3.8, 4) is 0 Å². The van der Waals surface area contributed by atoms with Crippen LogP contribution in [0, 0.1) is 35.0 Å². The second-order valence-electron chi connectivity index (χ2n) is 12.5. The summed E-state index contributed by atoms with van der Waals surface area (Å²) in [6, 6.07) is 0. The number of hydrogen-bond donors (Lipinski definition) is 0. The molecule has 1 fully saturated rings. The predicted octanol–water partition coefficient (Wildman–Crippen LogP) is 8.61. The number of fused-ring (bicyclic) bond motifs is 1. The van der Waals surface area contributed by atoms with E-state index in [-0.39, 0.29) is 23.6 Å². The Labute approximate surface area is 243 Å². The minimum atomic E-state index is -0.0382. The van der Waals surface area contributed by atoms with Gasteiger partial charge in [0, 0.05) is 13.0 Å². The van der Waals surface area contributed by atoms with Gasteiger partial charge in [0.25, 0.3) is 0 Å². The first-order valence-corrected chi connectivity index (χ1v) is 16.2. The smallest absolute Gasteiger partial charge is 0.158 e. The summed E-state index contributed by atoms with van der Waals surface area (Å²) in [5, 5.41) is 9.09. The number of ketones is 1.